The van der Waals surface area contributed by atoms with Gasteiger partial charge in [-0.1, -0.05) is 23.2 Å². The number of hydrogen-bond acceptors (Lipinski definition) is 5. The van der Waals surface area contributed by atoms with E-state index < -0.39 is 0 Å². The Morgan fingerprint density at radius 2 is 1.84 bits per heavy atom. The summed E-state index contributed by atoms with van der Waals surface area (Å²) < 4.78 is 18.7. The predicted octanol–water partition coefficient (Wildman–Crippen LogP) is 4.98. The Morgan fingerprint density at radius 1 is 1.10 bits per heavy atom. The zero-order valence-corrected chi connectivity index (χ0v) is 18.9. The minimum Gasteiger partial charge on any atom is -0.482 e. The first-order valence-electron chi connectivity index (χ1n) is 9.76. The summed E-state index contributed by atoms with van der Waals surface area (Å²) in [4.78, 5) is 21.2. The molecule has 0 N–H and O–H groups in total. The second-order valence-corrected chi connectivity index (χ2v) is 8.94. The number of halogens is 3. The average Bonchev–Trinajstić information content (AvgIpc) is 3.22. The van der Waals surface area contributed by atoms with Crippen LogP contribution >= 0.6 is 34.5 Å². The maximum Gasteiger partial charge on any atom is 0.260 e. The smallest absolute Gasteiger partial charge is 0.260 e. The highest BCUT2D eigenvalue weighted by atomic mass is 35.5. The van der Waals surface area contributed by atoms with Crippen molar-refractivity contribution in [3.63, 3.8) is 0 Å². The fraction of sp³-hybridized carbons (Fsp3) is 0.273. The standard InChI is InChI=1S/C22H20Cl2FN3O2S/c23-16-3-6-20(18(24)11-16)30-13-22(29)28-9-7-27(8-10-28)12-21-26-19(14-31-21)15-1-4-17(25)5-2-15/h1-6,11,14H,7-10,12-13H2. The van der Waals surface area contributed by atoms with Crippen LogP contribution in [0.1, 0.15) is 5.01 Å². The lowest BCUT2D eigenvalue weighted by Gasteiger charge is -2.34. The highest BCUT2D eigenvalue weighted by molar-refractivity contribution is 7.09. The number of piperazine rings is 1. The summed E-state index contributed by atoms with van der Waals surface area (Å²) in [6.45, 7) is 3.46. The van der Waals surface area contributed by atoms with E-state index in [2.05, 4.69) is 9.88 Å². The van der Waals surface area contributed by atoms with Crippen LogP contribution in [0.2, 0.25) is 10.0 Å². The number of carbonyl (C=O) groups excluding carboxylic acids is 1. The van der Waals surface area contributed by atoms with Crippen LogP contribution < -0.4 is 4.74 Å². The number of thiazole rings is 1. The van der Waals surface area contributed by atoms with E-state index in [-0.39, 0.29) is 18.3 Å². The zero-order chi connectivity index (χ0) is 21.8. The molecule has 0 aliphatic carbocycles. The van der Waals surface area contributed by atoms with Gasteiger partial charge >= 0.3 is 0 Å². The van der Waals surface area contributed by atoms with E-state index >= 15 is 0 Å². The molecule has 0 saturated carbocycles. The van der Waals surface area contributed by atoms with Crippen LogP contribution in [0.25, 0.3) is 11.3 Å². The molecule has 31 heavy (non-hydrogen) atoms. The Bertz CT molecular complexity index is 1050. The molecule has 0 bridgehead atoms. The molecule has 9 heteroatoms. The molecule has 2 heterocycles. The fourth-order valence-electron chi connectivity index (χ4n) is 3.31. The van der Waals surface area contributed by atoms with Gasteiger partial charge in [0.2, 0.25) is 0 Å². The summed E-state index contributed by atoms with van der Waals surface area (Å²) in [5, 5.41) is 3.89. The summed E-state index contributed by atoms with van der Waals surface area (Å²) in [5.41, 5.74) is 1.76. The number of amides is 1. The first-order chi connectivity index (χ1) is 15.0. The van der Waals surface area contributed by atoms with Crippen molar-refractivity contribution in [1.29, 1.82) is 0 Å². The Hall–Kier alpha value is -2.19. The maximum absolute atomic E-state index is 13.1. The van der Waals surface area contributed by atoms with Gasteiger partial charge in [-0.15, -0.1) is 11.3 Å². The molecule has 4 rings (SSSR count). The maximum atomic E-state index is 13.1. The lowest BCUT2D eigenvalue weighted by molar-refractivity contribution is -0.135. The summed E-state index contributed by atoms with van der Waals surface area (Å²) in [6, 6.07) is 11.3. The molecule has 1 fully saturated rings. The lowest BCUT2D eigenvalue weighted by Crippen LogP contribution is -2.49. The molecule has 2 aromatic carbocycles. The highest BCUT2D eigenvalue weighted by Gasteiger charge is 2.22. The molecule has 162 valence electrons. The molecule has 1 aliphatic rings. The Kier molecular flexibility index (Phi) is 7.07. The molecular weight excluding hydrogens is 460 g/mol. The number of benzene rings is 2. The Morgan fingerprint density at radius 3 is 2.55 bits per heavy atom. The molecule has 3 aromatic rings. The van der Waals surface area contributed by atoms with Crippen LogP contribution in [0.15, 0.2) is 47.8 Å². The molecule has 1 aromatic heterocycles. The fourth-order valence-corrected chi connectivity index (χ4v) is 4.61. The number of nitrogens with zero attached hydrogens (tertiary/aromatic N) is 3. The Balaban J connectivity index is 1.25. The van der Waals surface area contributed by atoms with E-state index in [0.29, 0.717) is 28.9 Å². The topological polar surface area (TPSA) is 45.7 Å². The van der Waals surface area contributed by atoms with Gasteiger partial charge < -0.3 is 9.64 Å². The summed E-state index contributed by atoms with van der Waals surface area (Å²) in [6.07, 6.45) is 0. The average molecular weight is 480 g/mol. The molecule has 1 amide bonds. The van der Waals surface area contributed by atoms with Gasteiger partial charge in [-0.2, -0.15) is 0 Å². The highest BCUT2D eigenvalue weighted by Crippen LogP contribution is 2.27. The zero-order valence-electron chi connectivity index (χ0n) is 16.6. The van der Waals surface area contributed by atoms with Gasteiger partial charge in [0.1, 0.15) is 16.6 Å². The Labute approximate surface area is 194 Å². The lowest BCUT2D eigenvalue weighted by atomic mass is 10.2. The number of hydrogen-bond donors (Lipinski definition) is 0. The number of ether oxygens (including phenoxy) is 1. The largest absolute Gasteiger partial charge is 0.482 e. The van der Waals surface area contributed by atoms with Gasteiger partial charge in [0.05, 0.1) is 17.3 Å². The van der Waals surface area contributed by atoms with Crippen LogP contribution in [0.3, 0.4) is 0 Å². The number of rotatable bonds is 6. The van der Waals surface area contributed by atoms with E-state index in [1.165, 1.54) is 12.1 Å². The van der Waals surface area contributed by atoms with E-state index in [9.17, 15) is 9.18 Å². The van der Waals surface area contributed by atoms with Crippen LogP contribution in [0.4, 0.5) is 4.39 Å². The molecule has 0 unspecified atom stereocenters. The number of aromatic nitrogens is 1. The van der Waals surface area contributed by atoms with E-state index in [0.717, 1.165) is 35.9 Å². The summed E-state index contributed by atoms with van der Waals surface area (Å²) in [7, 11) is 0. The number of carbonyl (C=O) groups is 1. The van der Waals surface area contributed by atoms with Gasteiger partial charge in [0.25, 0.3) is 5.91 Å². The molecule has 1 saturated heterocycles. The van der Waals surface area contributed by atoms with Crippen molar-refractivity contribution in [2.24, 2.45) is 0 Å². The van der Waals surface area contributed by atoms with Crippen molar-refractivity contribution in [2.75, 3.05) is 32.8 Å². The van der Waals surface area contributed by atoms with Crippen molar-refractivity contribution >= 4 is 40.4 Å². The first-order valence-corrected chi connectivity index (χ1v) is 11.4. The second-order valence-electron chi connectivity index (χ2n) is 7.15. The van der Waals surface area contributed by atoms with Crippen molar-refractivity contribution in [2.45, 2.75) is 6.54 Å². The molecule has 0 atom stereocenters. The summed E-state index contributed by atoms with van der Waals surface area (Å²) in [5.74, 6) is 0.116. The third-order valence-electron chi connectivity index (χ3n) is 5.02. The van der Waals surface area contributed by atoms with Gasteiger partial charge in [0.15, 0.2) is 6.61 Å². The molecule has 0 spiro atoms. The van der Waals surface area contributed by atoms with Crippen molar-refractivity contribution < 1.29 is 13.9 Å². The van der Waals surface area contributed by atoms with Crippen LogP contribution in [-0.2, 0) is 11.3 Å². The third-order valence-corrected chi connectivity index (χ3v) is 6.38. The second kappa shape index (κ2) is 9.96. The SMILES string of the molecule is O=C(COc1ccc(Cl)cc1Cl)N1CCN(Cc2nc(-c3ccc(F)cc3)cs2)CC1. The van der Waals surface area contributed by atoms with Gasteiger partial charge in [-0.05, 0) is 42.5 Å². The third kappa shape index (κ3) is 5.74. The summed E-state index contributed by atoms with van der Waals surface area (Å²) >= 11 is 13.5. The van der Waals surface area contributed by atoms with Gasteiger partial charge in [0, 0.05) is 42.1 Å². The monoisotopic (exact) mass is 479 g/mol. The van der Waals surface area contributed by atoms with Crippen molar-refractivity contribution in [1.82, 2.24) is 14.8 Å². The first kappa shape index (κ1) is 22.0. The van der Waals surface area contributed by atoms with Gasteiger partial charge in [-0.25, -0.2) is 9.37 Å². The van der Waals surface area contributed by atoms with Crippen LogP contribution in [0.5, 0.6) is 5.75 Å². The van der Waals surface area contributed by atoms with E-state index in [1.54, 1.807) is 46.6 Å². The van der Waals surface area contributed by atoms with Crippen LogP contribution in [-0.4, -0.2) is 53.5 Å². The minimum atomic E-state index is -0.256. The minimum absolute atomic E-state index is 0.0607. The van der Waals surface area contributed by atoms with Crippen LogP contribution in [0, 0.1) is 5.82 Å². The molecule has 0 radical (unpaired) electrons. The van der Waals surface area contributed by atoms with Gasteiger partial charge in [-0.3, -0.25) is 9.69 Å². The van der Waals surface area contributed by atoms with Crippen molar-refractivity contribution in [3.8, 4) is 17.0 Å². The predicted molar refractivity (Wildman–Crippen MR) is 121 cm³/mol. The molecule has 1 aliphatic heterocycles. The molecule has 5 nitrogen and oxygen atoms in total. The normalized spacial score (nSPS) is 14.6. The van der Waals surface area contributed by atoms with E-state index in [1.807, 2.05) is 5.38 Å². The molecular formula is C22H20Cl2FN3O2S. The quantitative estimate of drug-likeness (QED) is 0.500. The van der Waals surface area contributed by atoms with Crippen molar-refractivity contribution in [3.05, 3.63) is 68.7 Å². The van der Waals surface area contributed by atoms with E-state index in [4.69, 9.17) is 27.9 Å².